The summed E-state index contributed by atoms with van der Waals surface area (Å²) < 4.78 is 11.3. The molecule has 2 amide bonds. The highest BCUT2D eigenvalue weighted by Crippen LogP contribution is 2.35. The number of methoxy groups -OCH3 is 1. The van der Waals surface area contributed by atoms with E-state index in [9.17, 15) is 9.59 Å². The molecule has 0 unspecified atom stereocenters. The minimum Gasteiger partial charge on any atom is -0.496 e. The van der Waals surface area contributed by atoms with Gasteiger partial charge in [-0.3, -0.25) is 15.1 Å². The number of amides is 2. The minimum atomic E-state index is -1.13. The Bertz CT molecular complexity index is 1090. The van der Waals surface area contributed by atoms with Crippen molar-refractivity contribution in [1.29, 1.82) is 0 Å². The van der Waals surface area contributed by atoms with Crippen LogP contribution in [0.2, 0.25) is 0 Å². The number of nitrogens with one attached hydrogen (secondary N) is 1. The number of fused-ring (bicyclic) bond motifs is 1. The molecule has 144 valence electrons. The number of carbonyl (C=O) groups is 2. The van der Waals surface area contributed by atoms with Gasteiger partial charge in [-0.15, -0.1) is 0 Å². The third-order valence-electron chi connectivity index (χ3n) is 4.27. The molecular weight excluding hydrogens is 362 g/mol. The molecule has 0 bridgehead atoms. The zero-order valence-electron chi connectivity index (χ0n) is 15.6. The van der Waals surface area contributed by atoms with Crippen molar-refractivity contribution < 1.29 is 24.2 Å². The Morgan fingerprint density at radius 2 is 1.82 bits per heavy atom. The number of nitrogens with zero attached hydrogens (tertiary/aromatic N) is 1. The Hall–Kier alpha value is -3.81. The maximum atomic E-state index is 11.7. The summed E-state index contributed by atoms with van der Waals surface area (Å²) in [4.78, 5) is 26.9. The van der Waals surface area contributed by atoms with Gasteiger partial charge in [0.05, 0.1) is 18.2 Å². The Morgan fingerprint density at radius 3 is 2.46 bits per heavy atom. The Balaban J connectivity index is 2.07. The third-order valence-corrected chi connectivity index (χ3v) is 4.27. The fraction of sp³-hybridized carbons (Fsp3) is 0.150. The molecule has 4 N–H and O–H groups in total. The molecule has 0 aliphatic carbocycles. The monoisotopic (exact) mass is 381 g/mol. The molecule has 0 aliphatic heterocycles. The number of anilines is 1. The highest BCUT2D eigenvalue weighted by atomic mass is 16.5. The molecule has 1 aromatic heterocycles. The second kappa shape index (κ2) is 7.43. The summed E-state index contributed by atoms with van der Waals surface area (Å²) in [7, 11) is 1.45. The van der Waals surface area contributed by atoms with Gasteiger partial charge in [-0.1, -0.05) is 0 Å². The molecule has 8 nitrogen and oxygen atoms in total. The van der Waals surface area contributed by atoms with Gasteiger partial charge >= 0.3 is 6.09 Å². The van der Waals surface area contributed by atoms with Crippen molar-refractivity contribution in [1.82, 2.24) is 4.98 Å². The van der Waals surface area contributed by atoms with Crippen molar-refractivity contribution in [2.45, 2.75) is 13.8 Å². The van der Waals surface area contributed by atoms with E-state index in [-0.39, 0.29) is 5.56 Å². The first-order valence-corrected chi connectivity index (χ1v) is 8.35. The van der Waals surface area contributed by atoms with Crippen LogP contribution in [0.4, 0.5) is 10.5 Å². The number of rotatable bonds is 5. The molecule has 0 saturated carbocycles. The summed E-state index contributed by atoms with van der Waals surface area (Å²) in [5.41, 5.74) is 8.19. The fourth-order valence-electron chi connectivity index (χ4n) is 2.87. The summed E-state index contributed by atoms with van der Waals surface area (Å²) in [6.45, 7) is 3.58. The molecule has 0 radical (unpaired) electrons. The van der Waals surface area contributed by atoms with Gasteiger partial charge in [0.1, 0.15) is 17.2 Å². The number of primary amides is 1. The number of carboxylic acid groups (broad SMARTS) is 1. The second-order valence-corrected chi connectivity index (χ2v) is 6.21. The summed E-state index contributed by atoms with van der Waals surface area (Å²) in [6, 6.07) is 8.32. The standard InChI is InChI=1S/C20H19N3O5/c1-10-7-17(11(2)6-14(10)23-20(25)26)28-16-4-5-22-15-9-18(27-3)13(19(21)24)8-12(15)16/h4-9,23H,1-3H3,(H2,21,24)(H,25,26). The van der Waals surface area contributed by atoms with Crippen molar-refractivity contribution in [3.8, 4) is 17.2 Å². The number of ether oxygens (including phenoxy) is 2. The van der Waals surface area contributed by atoms with E-state index >= 15 is 0 Å². The third kappa shape index (κ3) is 3.66. The number of nitrogens with two attached hydrogens (primary N) is 1. The molecule has 0 saturated heterocycles. The molecule has 0 atom stereocenters. The molecular formula is C20H19N3O5. The fourth-order valence-corrected chi connectivity index (χ4v) is 2.87. The quantitative estimate of drug-likeness (QED) is 0.617. The van der Waals surface area contributed by atoms with Crippen LogP contribution in [0.3, 0.4) is 0 Å². The van der Waals surface area contributed by atoms with Gasteiger partial charge in [0.25, 0.3) is 5.91 Å². The van der Waals surface area contributed by atoms with Gasteiger partial charge in [0.2, 0.25) is 0 Å². The highest BCUT2D eigenvalue weighted by Gasteiger charge is 2.15. The van der Waals surface area contributed by atoms with Crippen LogP contribution in [-0.2, 0) is 0 Å². The van der Waals surface area contributed by atoms with Crippen molar-refractivity contribution in [2.24, 2.45) is 5.73 Å². The van der Waals surface area contributed by atoms with Gasteiger partial charge < -0.3 is 20.3 Å². The van der Waals surface area contributed by atoms with E-state index < -0.39 is 12.0 Å². The van der Waals surface area contributed by atoms with Crippen LogP contribution in [0.25, 0.3) is 10.9 Å². The average Bonchev–Trinajstić information content (AvgIpc) is 2.64. The molecule has 1 heterocycles. The Labute approximate surface area is 160 Å². The molecule has 28 heavy (non-hydrogen) atoms. The lowest BCUT2D eigenvalue weighted by molar-refractivity contribution is 0.0997. The van der Waals surface area contributed by atoms with Crippen molar-refractivity contribution >= 4 is 28.6 Å². The van der Waals surface area contributed by atoms with Crippen LogP contribution in [0.5, 0.6) is 17.2 Å². The minimum absolute atomic E-state index is 0.224. The number of pyridine rings is 1. The summed E-state index contributed by atoms with van der Waals surface area (Å²) in [5, 5.41) is 11.9. The molecule has 0 fully saturated rings. The lowest BCUT2D eigenvalue weighted by Crippen LogP contribution is -2.12. The lowest BCUT2D eigenvalue weighted by Gasteiger charge is -2.15. The largest absolute Gasteiger partial charge is 0.496 e. The van der Waals surface area contributed by atoms with E-state index in [2.05, 4.69) is 10.3 Å². The number of aromatic nitrogens is 1. The second-order valence-electron chi connectivity index (χ2n) is 6.21. The lowest BCUT2D eigenvalue weighted by atomic mass is 10.1. The van der Waals surface area contributed by atoms with E-state index in [1.165, 1.54) is 7.11 Å². The number of carbonyl (C=O) groups excluding carboxylic acids is 1. The topological polar surface area (TPSA) is 124 Å². The number of hydrogen-bond donors (Lipinski definition) is 3. The number of benzene rings is 2. The van der Waals surface area contributed by atoms with Gasteiger partial charge in [-0.05, 0) is 49.2 Å². The first-order valence-electron chi connectivity index (χ1n) is 8.35. The van der Waals surface area contributed by atoms with Gasteiger partial charge in [-0.2, -0.15) is 0 Å². The van der Waals surface area contributed by atoms with E-state index in [4.69, 9.17) is 20.3 Å². The van der Waals surface area contributed by atoms with Crippen LogP contribution in [-0.4, -0.2) is 29.2 Å². The number of aryl methyl sites for hydroxylation is 2. The van der Waals surface area contributed by atoms with Crippen LogP contribution in [0, 0.1) is 13.8 Å². The first kappa shape index (κ1) is 19.0. The molecule has 2 aromatic carbocycles. The molecule has 8 heteroatoms. The summed E-state index contributed by atoms with van der Waals surface area (Å²) in [5.74, 6) is 0.749. The van der Waals surface area contributed by atoms with E-state index in [0.717, 1.165) is 5.56 Å². The van der Waals surface area contributed by atoms with E-state index in [0.29, 0.717) is 39.4 Å². The van der Waals surface area contributed by atoms with Crippen LogP contribution in [0.1, 0.15) is 21.5 Å². The normalized spacial score (nSPS) is 10.5. The zero-order chi connectivity index (χ0) is 20.4. The van der Waals surface area contributed by atoms with Crippen molar-refractivity contribution in [3.63, 3.8) is 0 Å². The van der Waals surface area contributed by atoms with Gasteiger partial charge in [-0.25, -0.2) is 4.79 Å². The first-order chi connectivity index (χ1) is 13.3. The summed E-state index contributed by atoms with van der Waals surface area (Å²) in [6.07, 6.45) is 0.452. The molecule has 0 spiro atoms. The Kier molecular flexibility index (Phi) is 5.04. The molecule has 3 rings (SSSR count). The zero-order valence-corrected chi connectivity index (χ0v) is 15.6. The molecule has 3 aromatic rings. The van der Waals surface area contributed by atoms with Crippen molar-refractivity contribution in [3.05, 3.63) is 53.2 Å². The van der Waals surface area contributed by atoms with Crippen molar-refractivity contribution in [2.75, 3.05) is 12.4 Å². The van der Waals surface area contributed by atoms with E-state index in [1.807, 2.05) is 6.92 Å². The van der Waals surface area contributed by atoms with Crippen LogP contribution >= 0.6 is 0 Å². The maximum absolute atomic E-state index is 11.7. The predicted molar refractivity (Wildman–Crippen MR) is 104 cm³/mol. The predicted octanol–water partition coefficient (Wildman–Crippen LogP) is 3.84. The van der Waals surface area contributed by atoms with Crippen LogP contribution in [0.15, 0.2) is 36.5 Å². The van der Waals surface area contributed by atoms with Gasteiger partial charge in [0.15, 0.2) is 0 Å². The van der Waals surface area contributed by atoms with Gasteiger partial charge in [0, 0.05) is 23.3 Å². The SMILES string of the molecule is COc1cc2nccc(Oc3cc(C)c(NC(=O)O)cc3C)c2cc1C(N)=O. The molecule has 0 aliphatic rings. The van der Waals surface area contributed by atoms with E-state index in [1.54, 1.807) is 43.5 Å². The maximum Gasteiger partial charge on any atom is 0.409 e. The number of hydrogen-bond acceptors (Lipinski definition) is 5. The Morgan fingerprint density at radius 1 is 1.07 bits per heavy atom. The highest BCUT2D eigenvalue weighted by molar-refractivity contribution is 6.01. The smallest absolute Gasteiger partial charge is 0.409 e. The summed E-state index contributed by atoms with van der Waals surface area (Å²) >= 11 is 0. The average molecular weight is 381 g/mol. The van der Waals surface area contributed by atoms with Crippen LogP contribution < -0.4 is 20.5 Å².